The Bertz CT molecular complexity index is 185. The van der Waals surface area contributed by atoms with Crippen molar-refractivity contribution in [2.45, 2.75) is 39.5 Å². The average Bonchev–Trinajstić information content (AvgIpc) is 2.16. The number of hydrazine groups is 1. The minimum absolute atomic E-state index is 0.0351. The van der Waals surface area contributed by atoms with Crippen LogP contribution in [0.1, 0.15) is 39.5 Å². The minimum Gasteiger partial charge on any atom is -0.361 e. The zero-order chi connectivity index (χ0) is 10.8. The molecule has 0 saturated heterocycles. The highest BCUT2D eigenvalue weighted by Gasteiger charge is 1.98. The summed E-state index contributed by atoms with van der Waals surface area (Å²) in [7, 11) is 0. The Morgan fingerprint density at radius 1 is 1.21 bits per heavy atom. The molecule has 82 valence electrons. The Balaban J connectivity index is 3.39. The molecule has 0 aliphatic rings. The molecule has 0 aromatic carbocycles. The fourth-order valence-electron chi connectivity index (χ4n) is 0.839. The molecule has 0 fully saturated rings. The maximum atomic E-state index is 11.0. The lowest BCUT2D eigenvalue weighted by molar-refractivity contribution is -0.121. The highest BCUT2D eigenvalue weighted by molar-refractivity contribution is 7.80. The topological polar surface area (TPSA) is 53.2 Å². The predicted octanol–water partition coefficient (Wildman–Crippen LogP) is 1.08. The van der Waals surface area contributed by atoms with Gasteiger partial charge in [-0.05, 0) is 25.1 Å². The number of thiocarbonyl (C=S) groups is 1. The van der Waals surface area contributed by atoms with Crippen LogP contribution >= 0.6 is 12.2 Å². The van der Waals surface area contributed by atoms with Gasteiger partial charge in [-0.15, -0.1) is 0 Å². The smallest absolute Gasteiger partial charge is 0.238 e. The summed E-state index contributed by atoms with van der Waals surface area (Å²) >= 11 is 4.93. The summed E-state index contributed by atoms with van der Waals surface area (Å²) in [6, 6.07) is 0. The van der Waals surface area contributed by atoms with Crippen molar-refractivity contribution in [3.63, 3.8) is 0 Å². The van der Waals surface area contributed by atoms with E-state index < -0.39 is 0 Å². The van der Waals surface area contributed by atoms with Crippen LogP contribution in [0, 0.1) is 0 Å². The van der Waals surface area contributed by atoms with Crippen LogP contribution in [0.4, 0.5) is 0 Å². The van der Waals surface area contributed by atoms with Gasteiger partial charge in [-0.2, -0.15) is 0 Å². The van der Waals surface area contributed by atoms with E-state index in [1.54, 1.807) is 0 Å². The van der Waals surface area contributed by atoms with Crippen LogP contribution in [-0.2, 0) is 4.79 Å². The van der Waals surface area contributed by atoms with Crippen LogP contribution in [0.5, 0.6) is 0 Å². The normalized spacial score (nSPS) is 9.29. The van der Waals surface area contributed by atoms with Crippen molar-refractivity contribution in [1.29, 1.82) is 0 Å². The molecular formula is C9H19N3OS. The van der Waals surface area contributed by atoms with Gasteiger partial charge in [0.15, 0.2) is 5.11 Å². The van der Waals surface area contributed by atoms with Gasteiger partial charge in [0.05, 0.1) is 0 Å². The first kappa shape index (κ1) is 13.2. The second kappa shape index (κ2) is 8.74. The second-order valence-corrected chi connectivity index (χ2v) is 3.44. The number of rotatable bonds is 5. The summed E-state index contributed by atoms with van der Waals surface area (Å²) in [5, 5.41) is 3.46. The summed E-state index contributed by atoms with van der Waals surface area (Å²) in [4.78, 5) is 11.0. The maximum absolute atomic E-state index is 11.0. The summed E-state index contributed by atoms with van der Waals surface area (Å²) in [5.74, 6) is -0.0351. The molecule has 0 heterocycles. The van der Waals surface area contributed by atoms with Crippen LogP contribution in [0.25, 0.3) is 0 Å². The monoisotopic (exact) mass is 217 g/mol. The average molecular weight is 217 g/mol. The van der Waals surface area contributed by atoms with Gasteiger partial charge in [0.25, 0.3) is 0 Å². The highest BCUT2D eigenvalue weighted by atomic mass is 32.1. The summed E-state index contributed by atoms with van der Waals surface area (Å²) in [5.41, 5.74) is 5.16. The molecule has 0 aliphatic carbocycles. The number of carbonyl (C=O) groups excluding carboxylic acids is 1. The van der Waals surface area contributed by atoms with Crippen molar-refractivity contribution >= 4 is 23.2 Å². The fraction of sp³-hybridized carbons (Fsp3) is 0.778. The van der Waals surface area contributed by atoms with E-state index in [9.17, 15) is 4.79 Å². The lowest BCUT2D eigenvalue weighted by Gasteiger charge is -2.10. The van der Waals surface area contributed by atoms with Gasteiger partial charge in [0, 0.05) is 13.0 Å². The Hall–Kier alpha value is -0.840. The second-order valence-electron chi connectivity index (χ2n) is 3.03. The Kier molecular flexibility index (Phi) is 8.22. The van der Waals surface area contributed by atoms with Gasteiger partial charge < -0.3 is 5.32 Å². The molecular weight excluding hydrogens is 198 g/mol. The van der Waals surface area contributed by atoms with E-state index in [-0.39, 0.29) is 5.91 Å². The zero-order valence-electron chi connectivity index (χ0n) is 8.85. The number of unbranched alkanes of at least 4 members (excludes halogenated alkanes) is 1. The van der Waals surface area contributed by atoms with Crippen LogP contribution in [-0.4, -0.2) is 17.6 Å². The Labute approximate surface area is 90.8 Å². The first-order valence-electron chi connectivity index (χ1n) is 5.03. The van der Waals surface area contributed by atoms with Gasteiger partial charge in [-0.3, -0.25) is 15.6 Å². The van der Waals surface area contributed by atoms with Gasteiger partial charge in [0.2, 0.25) is 5.91 Å². The van der Waals surface area contributed by atoms with E-state index in [4.69, 9.17) is 12.2 Å². The van der Waals surface area contributed by atoms with Crippen LogP contribution in [0.15, 0.2) is 0 Å². The van der Waals surface area contributed by atoms with E-state index in [1.807, 2.05) is 6.92 Å². The first-order valence-corrected chi connectivity index (χ1v) is 5.44. The van der Waals surface area contributed by atoms with Crippen molar-refractivity contribution in [3.05, 3.63) is 0 Å². The fourth-order valence-corrected chi connectivity index (χ4v) is 0.992. The van der Waals surface area contributed by atoms with E-state index in [0.717, 1.165) is 25.8 Å². The van der Waals surface area contributed by atoms with Crippen molar-refractivity contribution in [2.24, 2.45) is 0 Å². The molecule has 0 aliphatic heterocycles. The molecule has 0 spiro atoms. The van der Waals surface area contributed by atoms with E-state index in [0.29, 0.717) is 11.5 Å². The third-order valence-corrected chi connectivity index (χ3v) is 1.85. The SMILES string of the molecule is CCCCNC(=S)NNC(=O)CCC. The van der Waals surface area contributed by atoms with Gasteiger partial charge in [-0.25, -0.2) is 0 Å². The molecule has 5 heteroatoms. The predicted molar refractivity (Wildman–Crippen MR) is 61.7 cm³/mol. The third kappa shape index (κ3) is 7.79. The first-order chi connectivity index (χ1) is 6.70. The van der Waals surface area contributed by atoms with Crippen molar-refractivity contribution in [2.75, 3.05) is 6.54 Å². The molecule has 4 nitrogen and oxygen atoms in total. The van der Waals surface area contributed by atoms with Crippen LogP contribution in [0.3, 0.4) is 0 Å². The number of carbonyl (C=O) groups is 1. The molecule has 0 radical (unpaired) electrons. The number of nitrogens with one attached hydrogen (secondary N) is 3. The van der Waals surface area contributed by atoms with Crippen LogP contribution < -0.4 is 16.2 Å². The zero-order valence-corrected chi connectivity index (χ0v) is 9.67. The van der Waals surface area contributed by atoms with Gasteiger partial charge in [0.1, 0.15) is 0 Å². The molecule has 3 N–H and O–H groups in total. The van der Waals surface area contributed by atoms with E-state index in [1.165, 1.54) is 0 Å². The van der Waals surface area contributed by atoms with Crippen LogP contribution in [0.2, 0.25) is 0 Å². The summed E-state index contributed by atoms with van der Waals surface area (Å²) in [6.07, 6.45) is 3.55. The van der Waals surface area contributed by atoms with Gasteiger partial charge in [-0.1, -0.05) is 20.3 Å². The third-order valence-electron chi connectivity index (χ3n) is 1.61. The number of amides is 1. The van der Waals surface area contributed by atoms with Crippen molar-refractivity contribution < 1.29 is 4.79 Å². The number of hydrogen-bond donors (Lipinski definition) is 3. The molecule has 0 aromatic heterocycles. The summed E-state index contributed by atoms with van der Waals surface area (Å²) < 4.78 is 0. The molecule has 0 saturated carbocycles. The largest absolute Gasteiger partial charge is 0.361 e. The lowest BCUT2D eigenvalue weighted by atomic mass is 10.3. The van der Waals surface area contributed by atoms with Gasteiger partial charge >= 0.3 is 0 Å². The molecule has 0 atom stereocenters. The molecule has 0 unspecified atom stereocenters. The van der Waals surface area contributed by atoms with E-state index in [2.05, 4.69) is 23.1 Å². The molecule has 0 aromatic rings. The van der Waals surface area contributed by atoms with E-state index >= 15 is 0 Å². The molecule has 14 heavy (non-hydrogen) atoms. The maximum Gasteiger partial charge on any atom is 0.238 e. The minimum atomic E-state index is -0.0351. The Morgan fingerprint density at radius 2 is 1.93 bits per heavy atom. The highest BCUT2D eigenvalue weighted by Crippen LogP contribution is 1.84. The lowest BCUT2D eigenvalue weighted by Crippen LogP contribution is -2.46. The standard InChI is InChI=1S/C9H19N3OS/c1-3-5-7-10-9(14)12-11-8(13)6-4-2/h3-7H2,1-2H3,(H,11,13)(H2,10,12,14). The molecule has 0 rings (SSSR count). The quantitative estimate of drug-likeness (QED) is 0.366. The number of hydrogen-bond acceptors (Lipinski definition) is 2. The molecule has 0 bridgehead atoms. The van der Waals surface area contributed by atoms with Crippen molar-refractivity contribution in [3.8, 4) is 0 Å². The van der Waals surface area contributed by atoms with Crippen molar-refractivity contribution in [1.82, 2.24) is 16.2 Å². The summed E-state index contributed by atoms with van der Waals surface area (Å²) in [6.45, 7) is 4.91. The molecule has 1 amide bonds. The Morgan fingerprint density at radius 3 is 2.50 bits per heavy atom.